The highest BCUT2D eigenvalue weighted by atomic mass is 16.5. The Labute approximate surface area is 137 Å². The molecule has 2 aromatic heterocycles. The zero-order valence-corrected chi connectivity index (χ0v) is 12.9. The lowest BCUT2D eigenvalue weighted by Crippen LogP contribution is -2.32. The van der Waals surface area contributed by atoms with Gasteiger partial charge in [0.05, 0.1) is 5.56 Å². The Morgan fingerprint density at radius 3 is 2.79 bits per heavy atom. The molecule has 0 aliphatic heterocycles. The summed E-state index contributed by atoms with van der Waals surface area (Å²) in [5.41, 5.74) is 2.02. The first kappa shape index (κ1) is 15.7. The van der Waals surface area contributed by atoms with Crippen molar-refractivity contribution in [3.8, 4) is 0 Å². The van der Waals surface area contributed by atoms with Gasteiger partial charge in [0, 0.05) is 18.1 Å². The van der Waals surface area contributed by atoms with Crippen LogP contribution >= 0.6 is 0 Å². The van der Waals surface area contributed by atoms with Crippen molar-refractivity contribution in [2.75, 3.05) is 5.32 Å². The minimum absolute atomic E-state index is 0.300. The van der Waals surface area contributed by atoms with Crippen LogP contribution in [0.4, 0.5) is 5.69 Å². The van der Waals surface area contributed by atoms with E-state index in [1.54, 1.807) is 43.6 Å². The Morgan fingerprint density at radius 2 is 2.04 bits per heavy atom. The van der Waals surface area contributed by atoms with E-state index in [2.05, 4.69) is 15.3 Å². The molecule has 0 radical (unpaired) electrons. The van der Waals surface area contributed by atoms with Crippen molar-refractivity contribution >= 4 is 28.7 Å². The number of carbonyl (C=O) groups is 2. The van der Waals surface area contributed by atoms with Gasteiger partial charge in [0.1, 0.15) is 5.52 Å². The quantitative estimate of drug-likeness (QED) is 0.725. The predicted molar refractivity (Wildman–Crippen MR) is 86.4 cm³/mol. The first-order valence-electron chi connectivity index (χ1n) is 7.42. The Balaban J connectivity index is 1.69. The Morgan fingerprint density at radius 1 is 1.25 bits per heavy atom. The molecule has 0 bridgehead atoms. The van der Waals surface area contributed by atoms with E-state index >= 15 is 0 Å². The van der Waals surface area contributed by atoms with Crippen LogP contribution in [0.2, 0.25) is 0 Å². The molecule has 0 saturated heterocycles. The monoisotopic (exact) mass is 325 g/mol. The fourth-order valence-electron chi connectivity index (χ4n) is 2.16. The SMILES string of the molecule is CCC(OC(=O)c1ccc2ncoc2c1)C(=O)Nc1ccncc1. The Hall–Kier alpha value is -3.22. The number of benzene rings is 1. The van der Waals surface area contributed by atoms with Gasteiger partial charge >= 0.3 is 5.97 Å². The number of hydrogen-bond acceptors (Lipinski definition) is 6. The van der Waals surface area contributed by atoms with Crippen molar-refractivity contribution in [2.24, 2.45) is 0 Å². The minimum atomic E-state index is -0.893. The highest BCUT2D eigenvalue weighted by Crippen LogP contribution is 2.16. The molecule has 0 spiro atoms. The normalized spacial score (nSPS) is 11.9. The van der Waals surface area contributed by atoms with Crippen molar-refractivity contribution < 1.29 is 18.7 Å². The van der Waals surface area contributed by atoms with Crippen LogP contribution in [0.1, 0.15) is 23.7 Å². The van der Waals surface area contributed by atoms with Crippen LogP contribution in [0.5, 0.6) is 0 Å². The van der Waals surface area contributed by atoms with Gasteiger partial charge in [0.25, 0.3) is 5.91 Å². The van der Waals surface area contributed by atoms with Gasteiger partial charge in [-0.3, -0.25) is 9.78 Å². The van der Waals surface area contributed by atoms with Crippen LogP contribution in [-0.2, 0) is 9.53 Å². The molecule has 1 N–H and O–H groups in total. The van der Waals surface area contributed by atoms with E-state index in [1.807, 2.05) is 0 Å². The third-order valence-corrected chi connectivity index (χ3v) is 3.43. The van der Waals surface area contributed by atoms with E-state index in [0.717, 1.165) is 0 Å². The minimum Gasteiger partial charge on any atom is -0.449 e. The van der Waals surface area contributed by atoms with Crippen LogP contribution in [0, 0.1) is 0 Å². The molecule has 0 fully saturated rings. The smallest absolute Gasteiger partial charge is 0.339 e. The maximum Gasteiger partial charge on any atom is 0.339 e. The van der Waals surface area contributed by atoms with Gasteiger partial charge in [-0.05, 0) is 36.8 Å². The number of carbonyl (C=O) groups excluding carboxylic acids is 2. The molecule has 0 aliphatic carbocycles. The highest BCUT2D eigenvalue weighted by molar-refractivity contribution is 5.98. The largest absolute Gasteiger partial charge is 0.449 e. The van der Waals surface area contributed by atoms with Crippen molar-refractivity contribution in [1.82, 2.24) is 9.97 Å². The van der Waals surface area contributed by atoms with Gasteiger partial charge in [0.2, 0.25) is 0 Å². The molecule has 0 saturated carbocycles. The summed E-state index contributed by atoms with van der Waals surface area (Å²) in [6, 6.07) is 8.10. The topological polar surface area (TPSA) is 94.3 Å². The first-order chi connectivity index (χ1) is 11.7. The van der Waals surface area contributed by atoms with Crippen LogP contribution in [0.15, 0.2) is 53.5 Å². The maximum atomic E-state index is 12.3. The summed E-state index contributed by atoms with van der Waals surface area (Å²) in [4.78, 5) is 32.4. The maximum absolute atomic E-state index is 12.3. The Kier molecular flexibility index (Phi) is 4.51. The number of rotatable bonds is 5. The van der Waals surface area contributed by atoms with Gasteiger partial charge in [-0.25, -0.2) is 9.78 Å². The van der Waals surface area contributed by atoms with Crippen molar-refractivity contribution in [1.29, 1.82) is 0 Å². The van der Waals surface area contributed by atoms with Gasteiger partial charge in [-0.2, -0.15) is 0 Å². The van der Waals surface area contributed by atoms with Crippen LogP contribution in [0.3, 0.4) is 0 Å². The van der Waals surface area contributed by atoms with Gasteiger partial charge in [0.15, 0.2) is 18.1 Å². The van der Waals surface area contributed by atoms with Crippen LogP contribution in [0.25, 0.3) is 11.1 Å². The summed E-state index contributed by atoms with van der Waals surface area (Å²) in [5, 5.41) is 2.69. The van der Waals surface area contributed by atoms with Crippen molar-refractivity contribution in [3.63, 3.8) is 0 Å². The van der Waals surface area contributed by atoms with E-state index < -0.39 is 18.0 Å². The van der Waals surface area contributed by atoms with E-state index in [9.17, 15) is 9.59 Å². The second-order valence-electron chi connectivity index (χ2n) is 5.06. The third-order valence-electron chi connectivity index (χ3n) is 3.43. The predicted octanol–water partition coefficient (Wildman–Crippen LogP) is 2.80. The fraction of sp³-hybridized carbons (Fsp3) is 0.176. The first-order valence-corrected chi connectivity index (χ1v) is 7.42. The molecule has 1 unspecified atom stereocenters. The summed E-state index contributed by atoms with van der Waals surface area (Å²) >= 11 is 0. The summed E-state index contributed by atoms with van der Waals surface area (Å²) in [7, 11) is 0. The van der Waals surface area contributed by atoms with Crippen molar-refractivity contribution in [2.45, 2.75) is 19.4 Å². The van der Waals surface area contributed by atoms with Crippen LogP contribution < -0.4 is 5.32 Å². The number of aromatic nitrogens is 2. The van der Waals surface area contributed by atoms with E-state index in [1.165, 1.54) is 12.5 Å². The second kappa shape index (κ2) is 6.91. The Bertz CT molecular complexity index is 860. The number of pyridine rings is 1. The van der Waals surface area contributed by atoms with E-state index in [-0.39, 0.29) is 0 Å². The molecule has 1 atom stereocenters. The van der Waals surface area contributed by atoms with Crippen LogP contribution in [-0.4, -0.2) is 27.9 Å². The average Bonchev–Trinajstić information content (AvgIpc) is 3.07. The summed E-state index contributed by atoms with van der Waals surface area (Å²) in [5.74, 6) is -0.983. The standard InChI is InChI=1S/C17H15N3O4/c1-2-14(16(21)20-12-5-7-18-8-6-12)24-17(22)11-3-4-13-15(9-11)23-10-19-13/h3-10,14H,2H2,1H3,(H,18,20,21). The lowest BCUT2D eigenvalue weighted by molar-refractivity contribution is -0.124. The molecular weight excluding hydrogens is 310 g/mol. The number of anilines is 1. The highest BCUT2D eigenvalue weighted by Gasteiger charge is 2.22. The molecular formula is C17H15N3O4. The lowest BCUT2D eigenvalue weighted by Gasteiger charge is -2.16. The molecule has 3 rings (SSSR count). The zero-order chi connectivity index (χ0) is 16.9. The van der Waals surface area contributed by atoms with Crippen molar-refractivity contribution in [3.05, 3.63) is 54.7 Å². The molecule has 7 heteroatoms. The molecule has 7 nitrogen and oxygen atoms in total. The number of esters is 1. The number of nitrogens with one attached hydrogen (secondary N) is 1. The lowest BCUT2D eigenvalue weighted by atomic mass is 10.2. The molecule has 1 amide bonds. The third kappa shape index (κ3) is 3.40. The van der Waals surface area contributed by atoms with Gasteiger partial charge in [-0.15, -0.1) is 0 Å². The molecule has 2 heterocycles. The summed E-state index contributed by atoms with van der Waals surface area (Å²) < 4.78 is 10.5. The number of fused-ring (bicyclic) bond motifs is 1. The number of nitrogens with zero attached hydrogens (tertiary/aromatic N) is 2. The number of oxazole rings is 1. The molecule has 1 aromatic carbocycles. The van der Waals surface area contributed by atoms with Gasteiger partial charge < -0.3 is 14.5 Å². The van der Waals surface area contributed by atoms with Gasteiger partial charge in [-0.1, -0.05) is 6.92 Å². The summed E-state index contributed by atoms with van der Waals surface area (Å²) in [6.07, 6.45) is 3.89. The molecule has 3 aromatic rings. The number of hydrogen-bond donors (Lipinski definition) is 1. The zero-order valence-electron chi connectivity index (χ0n) is 12.9. The molecule has 122 valence electrons. The average molecular weight is 325 g/mol. The summed E-state index contributed by atoms with van der Waals surface area (Å²) in [6.45, 7) is 1.77. The number of ether oxygens (including phenoxy) is 1. The second-order valence-corrected chi connectivity index (χ2v) is 5.06. The van der Waals surface area contributed by atoms with E-state index in [4.69, 9.17) is 9.15 Å². The number of amides is 1. The fourth-order valence-corrected chi connectivity index (χ4v) is 2.16. The molecule has 24 heavy (non-hydrogen) atoms. The molecule has 0 aliphatic rings. The van der Waals surface area contributed by atoms with E-state index in [0.29, 0.717) is 28.8 Å².